The molecule has 2 aliphatic heterocycles. The summed E-state index contributed by atoms with van der Waals surface area (Å²) >= 11 is 0. The maximum atomic E-state index is 12.7. The van der Waals surface area contributed by atoms with Gasteiger partial charge in [0.1, 0.15) is 5.69 Å². The van der Waals surface area contributed by atoms with E-state index in [0.717, 1.165) is 31.8 Å². The molecule has 16 heteroatoms. The second-order valence-electron chi connectivity index (χ2n) is 14.6. The highest BCUT2D eigenvalue weighted by Crippen LogP contribution is 2.35. The quantitative estimate of drug-likeness (QED) is 0.0689. The van der Waals surface area contributed by atoms with Gasteiger partial charge in [-0.3, -0.25) is 24.7 Å². The van der Waals surface area contributed by atoms with Crippen LogP contribution in [0.2, 0.25) is 0 Å². The number of rotatable bonds is 29. The standard InChI is InChI=1S/C36H66N6O10/c1-29(2)30-6-9-40(10-7-30)35(45)37-8-12-46-14-16-48-18-20-50-22-24-52-25-23-51-21-19-49-17-15-47-13-11-41-27-31(38-39-41)28-42-33(43)26-32(34(42)44)36(3,4)5/h27,29-30,32,35,37,45H,6-26,28H2,1-5H3. The van der Waals surface area contributed by atoms with E-state index in [1.54, 1.807) is 10.9 Å². The molecule has 2 amide bonds. The predicted molar refractivity (Wildman–Crippen MR) is 192 cm³/mol. The first-order chi connectivity index (χ1) is 25.1. The first-order valence-electron chi connectivity index (χ1n) is 19.0. The van der Waals surface area contributed by atoms with E-state index >= 15 is 0 Å². The molecule has 16 nitrogen and oxygen atoms in total. The number of ether oxygens (including phenoxy) is 7. The van der Waals surface area contributed by atoms with Crippen LogP contribution in [0.4, 0.5) is 0 Å². The van der Waals surface area contributed by atoms with Crippen LogP contribution in [0, 0.1) is 23.2 Å². The summed E-state index contributed by atoms with van der Waals surface area (Å²) in [5, 5.41) is 21.6. The number of nitrogens with one attached hydrogen (secondary N) is 1. The van der Waals surface area contributed by atoms with Gasteiger partial charge < -0.3 is 38.3 Å². The lowest BCUT2D eigenvalue weighted by atomic mass is 9.80. The third kappa shape index (κ3) is 17.3. The van der Waals surface area contributed by atoms with E-state index in [-0.39, 0.29) is 36.1 Å². The summed E-state index contributed by atoms with van der Waals surface area (Å²) in [7, 11) is 0. The first-order valence-corrected chi connectivity index (χ1v) is 19.0. The number of aromatic nitrogens is 3. The molecule has 2 saturated heterocycles. The molecule has 2 atom stereocenters. The van der Waals surface area contributed by atoms with Crippen molar-refractivity contribution in [3.63, 3.8) is 0 Å². The van der Waals surface area contributed by atoms with Crippen molar-refractivity contribution in [2.75, 3.05) is 112 Å². The molecule has 2 aliphatic rings. The fourth-order valence-corrected chi connectivity index (χ4v) is 6.01. The number of imide groups is 1. The van der Waals surface area contributed by atoms with Crippen molar-refractivity contribution in [2.24, 2.45) is 23.2 Å². The molecule has 0 aliphatic carbocycles. The largest absolute Gasteiger partial charge is 0.378 e. The van der Waals surface area contributed by atoms with Crippen LogP contribution in [-0.4, -0.2) is 160 Å². The highest BCUT2D eigenvalue weighted by atomic mass is 16.6. The maximum Gasteiger partial charge on any atom is 0.233 e. The molecule has 1 aromatic heterocycles. The van der Waals surface area contributed by atoms with E-state index in [1.165, 1.54) is 4.90 Å². The number of hydrogen-bond donors (Lipinski definition) is 2. The van der Waals surface area contributed by atoms with Crippen LogP contribution in [0.15, 0.2) is 6.20 Å². The van der Waals surface area contributed by atoms with Crippen LogP contribution >= 0.6 is 0 Å². The Bertz CT molecular complexity index is 1110. The van der Waals surface area contributed by atoms with Gasteiger partial charge in [-0.05, 0) is 30.1 Å². The van der Waals surface area contributed by atoms with Crippen LogP contribution in [0.1, 0.15) is 59.6 Å². The number of aliphatic hydroxyl groups excluding tert-OH is 1. The number of aliphatic hydroxyl groups is 1. The monoisotopic (exact) mass is 742 g/mol. The molecule has 1 aromatic rings. The van der Waals surface area contributed by atoms with Gasteiger partial charge in [0.05, 0.1) is 118 Å². The predicted octanol–water partition coefficient (Wildman–Crippen LogP) is 1.55. The average molecular weight is 743 g/mol. The van der Waals surface area contributed by atoms with Crippen molar-refractivity contribution in [3.8, 4) is 0 Å². The SMILES string of the molecule is CC(C)C1CCN(C(O)NCCOCCOCCOCCOCCOCCOCCOCCn2cc(CN3C(=O)CC(C(C)(C)C)C3=O)nn2)CC1. The summed E-state index contributed by atoms with van der Waals surface area (Å²) in [6, 6.07) is 0. The van der Waals surface area contributed by atoms with Crippen molar-refractivity contribution in [1.29, 1.82) is 0 Å². The number of nitrogens with zero attached hydrogens (tertiary/aromatic N) is 5. The summed E-state index contributed by atoms with van der Waals surface area (Å²) in [5.74, 6) is 0.863. The third-order valence-electron chi connectivity index (χ3n) is 9.33. The number of likely N-dealkylation sites (tertiary alicyclic amines) is 2. The van der Waals surface area contributed by atoms with Gasteiger partial charge in [0, 0.05) is 26.1 Å². The van der Waals surface area contributed by atoms with Gasteiger partial charge in [0.15, 0.2) is 6.35 Å². The van der Waals surface area contributed by atoms with Crippen LogP contribution in [0.5, 0.6) is 0 Å². The van der Waals surface area contributed by atoms with Gasteiger partial charge in [0.2, 0.25) is 11.8 Å². The molecular formula is C36H66N6O10. The van der Waals surface area contributed by atoms with E-state index in [2.05, 4.69) is 34.4 Å². The normalized spacial score (nSPS) is 18.4. The molecule has 0 bridgehead atoms. The Morgan fingerprint density at radius 3 is 1.73 bits per heavy atom. The lowest BCUT2D eigenvalue weighted by Gasteiger charge is -2.36. The Hall–Kier alpha value is -2.12. The minimum atomic E-state index is -0.611. The first kappa shape index (κ1) is 44.3. The summed E-state index contributed by atoms with van der Waals surface area (Å²) in [5.41, 5.74) is 0.314. The molecule has 0 saturated carbocycles. The van der Waals surface area contributed by atoms with E-state index in [4.69, 9.17) is 33.2 Å². The maximum absolute atomic E-state index is 12.7. The number of amides is 2. The number of hydrogen-bond acceptors (Lipinski definition) is 14. The second-order valence-corrected chi connectivity index (χ2v) is 14.6. The zero-order valence-corrected chi connectivity index (χ0v) is 32.3. The van der Waals surface area contributed by atoms with Gasteiger partial charge >= 0.3 is 0 Å². The lowest BCUT2D eigenvalue weighted by molar-refractivity contribution is -0.141. The molecule has 3 heterocycles. The van der Waals surface area contributed by atoms with Crippen molar-refractivity contribution in [1.82, 2.24) is 30.1 Å². The van der Waals surface area contributed by atoms with E-state index in [1.807, 2.05) is 20.8 Å². The van der Waals surface area contributed by atoms with E-state index in [9.17, 15) is 14.7 Å². The number of piperidine rings is 1. The average Bonchev–Trinajstić information content (AvgIpc) is 3.69. The van der Waals surface area contributed by atoms with E-state index in [0.29, 0.717) is 117 Å². The van der Waals surface area contributed by atoms with E-state index < -0.39 is 6.35 Å². The molecule has 0 radical (unpaired) electrons. The Morgan fingerprint density at radius 1 is 0.788 bits per heavy atom. The zero-order chi connectivity index (χ0) is 37.6. The molecule has 2 N–H and O–H groups in total. The fourth-order valence-electron chi connectivity index (χ4n) is 6.01. The molecule has 0 spiro atoms. The molecule has 2 fully saturated rings. The van der Waals surface area contributed by atoms with Crippen LogP contribution < -0.4 is 5.32 Å². The highest BCUT2D eigenvalue weighted by molar-refractivity contribution is 6.03. The van der Waals surface area contributed by atoms with Crippen molar-refractivity contribution in [2.45, 2.75) is 73.3 Å². The molecule has 3 rings (SSSR count). The van der Waals surface area contributed by atoms with Gasteiger partial charge in [0.25, 0.3) is 0 Å². The van der Waals surface area contributed by atoms with Crippen molar-refractivity contribution < 1.29 is 47.9 Å². The smallest absolute Gasteiger partial charge is 0.233 e. The van der Waals surface area contributed by atoms with Gasteiger partial charge in [-0.15, -0.1) is 5.10 Å². The Kier molecular flexibility index (Phi) is 21.3. The summed E-state index contributed by atoms with van der Waals surface area (Å²) in [6.07, 6.45) is 3.65. The van der Waals surface area contributed by atoms with Gasteiger partial charge in [-0.25, -0.2) is 4.68 Å². The van der Waals surface area contributed by atoms with Crippen molar-refractivity contribution in [3.05, 3.63) is 11.9 Å². The summed E-state index contributed by atoms with van der Waals surface area (Å²) in [6.45, 7) is 20.3. The zero-order valence-electron chi connectivity index (χ0n) is 32.3. The topological polar surface area (TPSA) is 168 Å². The summed E-state index contributed by atoms with van der Waals surface area (Å²) < 4.78 is 40.4. The molecule has 300 valence electrons. The van der Waals surface area contributed by atoms with Crippen LogP contribution in [-0.2, 0) is 55.8 Å². The second kappa shape index (κ2) is 25.1. The van der Waals surface area contributed by atoms with Crippen LogP contribution in [0.25, 0.3) is 0 Å². The summed E-state index contributed by atoms with van der Waals surface area (Å²) in [4.78, 5) is 28.4. The molecule has 0 aromatic carbocycles. The Morgan fingerprint density at radius 2 is 1.27 bits per heavy atom. The highest BCUT2D eigenvalue weighted by Gasteiger charge is 2.44. The molecule has 52 heavy (non-hydrogen) atoms. The van der Waals surface area contributed by atoms with Gasteiger partial charge in [-0.2, -0.15) is 0 Å². The molecule has 2 unspecified atom stereocenters. The van der Waals surface area contributed by atoms with Crippen LogP contribution in [0.3, 0.4) is 0 Å². The van der Waals surface area contributed by atoms with Crippen molar-refractivity contribution >= 4 is 11.8 Å². The number of carbonyl (C=O) groups excluding carboxylic acids is 2. The number of carbonyl (C=O) groups is 2. The Labute approximate surface area is 310 Å². The van der Waals surface area contributed by atoms with Gasteiger partial charge in [-0.1, -0.05) is 39.8 Å². The third-order valence-corrected chi connectivity index (χ3v) is 9.33. The minimum Gasteiger partial charge on any atom is -0.378 e. The molecular weight excluding hydrogens is 676 g/mol. The lowest BCUT2D eigenvalue weighted by Crippen LogP contribution is -2.50. The fraction of sp³-hybridized carbons (Fsp3) is 0.889. The minimum absolute atomic E-state index is 0.140. The Balaban J connectivity index is 0.997.